The number of benzene rings is 1. The molecule has 0 aromatic heterocycles. The summed E-state index contributed by atoms with van der Waals surface area (Å²) in [4.78, 5) is 0.166. The van der Waals surface area contributed by atoms with Gasteiger partial charge < -0.3 is 0 Å². The molecule has 1 aromatic carbocycles. The zero-order valence-corrected chi connectivity index (χ0v) is 9.99. The van der Waals surface area contributed by atoms with Gasteiger partial charge in [-0.2, -0.15) is 21.6 Å². The molecule has 0 saturated heterocycles. The molecule has 3 N–H and O–H groups in total. The van der Waals surface area contributed by atoms with Crippen molar-refractivity contribution in [2.45, 2.75) is 11.1 Å². The summed E-state index contributed by atoms with van der Waals surface area (Å²) in [7, 11) is -4.00. The van der Waals surface area contributed by atoms with Crippen molar-refractivity contribution in [2.24, 2.45) is 5.14 Å². The third-order valence-electron chi connectivity index (χ3n) is 1.53. The van der Waals surface area contributed by atoms with E-state index < -0.39 is 22.1 Å². The van der Waals surface area contributed by atoms with E-state index in [1.54, 1.807) is 0 Å². The Morgan fingerprint density at radius 2 is 1.88 bits per heavy atom. The highest BCUT2D eigenvalue weighted by Gasteiger charge is 2.27. The number of hydrogen-bond donors (Lipinski definition) is 2. The summed E-state index contributed by atoms with van der Waals surface area (Å²) in [5, 5.41) is 4.75. The number of nitrogens with two attached hydrogens (primary N) is 1. The van der Waals surface area contributed by atoms with Gasteiger partial charge in [-0.05, 0) is 12.1 Å². The zero-order chi connectivity index (χ0) is 13.1. The summed E-state index contributed by atoms with van der Waals surface area (Å²) < 4.78 is 59.6. The predicted octanol–water partition coefficient (Wildman–Crippen LogP) is 1.96. The SMILES string of the molecule is NS(=O)(=O)Nc1ccccc1SCC(F)(F)F. The fraction of sp³-hybridized carbons (Fsp3) is 0.250. The number of rotatable bonds is 4. The largest absolute Gasteiger partial charge is 0.398 e. The fourth-order valence-corrected chi connectivity index (χ4v) is 2.31. The molecule has 0 radical (unpaired) electrons. The van der Waals surface area contributed by atoms with Crippen LogP contribution < -0.4 is 9.86 Å². The number of hydrogen-bond acceptors (Lipinski definition) is 3. The average Bonchev–Trinajstić information content (AvgIpc) is 2.12. The van der Waals surface area contributed by atoms with E-state index in [4.69, 9.17) is 5.14 Å². The highest BCUT2D eigenvalue weighted by atomic mass is 32.2. The molecule has 0 aliphatic rings. The Labute approximate surface area is 101 Å². The second-order valence-electron chi connectivity index (χ2n) is 3.05. The monoisotopic (exact) mass is 286 g/mol. The Balaban J connectivity index is 2.85. The molecule has 0 unspecified atom stereocenters. The van der Waals surface area contributed by atoms with E-state index in [0.717, 1.165) is 0 Å². The molecule has 0 aliphatic heterocycles. The number of nitrogens with one attached hydrogen (secondary N) is 1. The summed E-state index contributed by atoms with van der Waals surface area (Å²) in [6.45, 7) is 0. The highest BCUT2D eigenvalue weighted by Crippen LogP contribution is 2.32. The summed E-state index contributed by atoms with van der Waals surface area (Å²) in [5.74, 6) is -1.10. The van der Waals surface area contributed by atoms with Crippen LogP contribution in [0.3, 0.4) is 0 Å². The molecule has 96 valence electrons. The Hall–Kier alpha value is -0.930. The van der Waals surface area contributed by atoms with Crippen molar-refractivity contribution in [1.29, 1.82) is 0 Å². The molecule has 0 spiro atoms. The lowest BCUT2D eigenvalue weighted by atomic mass is 10.3. The molecule has 9 heteroatoms. The quantitative estimate of drug-likeness (QED) is 0.831. The molecular formula is C8H9F3N2O2S2. The molecule has 0 bridgehead atoms. The number of thioether (sulfide) groups is 1. The topological polar surface area (TPSA) is 72.2 Å². The minimum Gasteiger partial charge on any atom is -0.270 e. The van der Waals surface area contributed by atoms with Gasteiger partial charge in [0.2, 0.25) is 0 Å². The fourth-order valence-electron chi connectivity index (χ4n) is 0.990. The lowest BCUT2D eigenvalue weighted by molar-refractivity contribution is -0.105. The molecule has 0 atom stereocenters. The van der Waals surface area contributed by atoms with Gasteiger partial charge in [0.05, 0.1) is 11.4 Å². The van der Waals surface area contributed by atoms with Gasteiger partial charge in [0.1, 0.15) is 0 Å². The van der Waals surface area contributed by atoms with Crippen LogP contribution in [0.25, 0.3) is 0 Å². The van der Waals surface area contributed by atoms with Crippen molar-refractivity contribution in [3.05, 3.63) is 24.3 Å². The molecule has 0 aliphatic carbocycles. The van der Waals surface area contributed by atoms with Crippen molar-refractivity contribution in [2.75, 3.05) is 10.5 Å². The number of anilines is 1. The maximum Gasteiger partial charge on any atom is 0.398 e. The van der Waals surface area contributed by atoms with Crippen molar-refractivity contribution >= 4 is 27.7 Å². The first kappa shape index (κ1) is 14.1. The number of halogens is 3. The van der Waals surface area contributed by atoms with Gasteiger partial charge in [0.25, 0.3) is 10.2 Å². The van der Waals surface area contributed by atoms with Crippen LogP contribution in [0.5, 0.6) is 0 Å². The van der Waals surface area contributed by atoms with E-state index in [2.05, 4.69) is 0 Å². The third-order valence-corrected chi connectivity index (χ3v) is 3.17. The Bertz CT molecular complexity index is 488. The molecule has 1 rings (SSSR count). The van der Waals surface area contributed by atoms with Crippen LogP contribution in [0.2, 0.25) is 0 Å². The van der Waals surface area contributed by atoms with Crippen LogP contribution in [0, 0.1) is 0 Å². The van der Waals surface area contributed by atoms with Crippen molar-refractivity contribution in [3.63, 3.8) is 0 Å². The van der Waals surface area contributed by atoms with E-state index in [1.807, 2.05) is 4.72 Å². The Kier molecular flexibility index (Phi) is 4.28. The van der Waals surface area contributed by atoms with Gasteiger partial charge in [-0.3, -0.25) is 4.72 Å². The standard InChI is InChI=1S/C8H9F3N2O2S2/c9-8(10,11)5-16-7-4-2-1-3-6(7)13-17(12,14)15/h1-4,13H,5H2,(H2,12,14,15). The van der Waals surface area contributed by atoms with Gasteiger partial charge in [-0.25, -0.2) is 5.14 Å². The molecular weight excluding hydrogens is 277 g/mol. The summed E-state index contributed by atoms with van der Waals surface area (Å²) >= 11 is 0.487. The zero-order valence-electron chi connectivity index (χ0n) is 8.36. The van der Waals surface area contributed by atoms with E-state index in [9.17, 15) is 21.6 Å². The van der Waals surface area contributed by atoms with Gasteiger partial charge in [-0.1, -0.05) is 12.1 Å². The van der Waals surface area contributed by atoms with E-state index >= 15 is 0 Å². The van der Waals surface area contributed by atoms with Crippen LogP contribution >= 0.6 is 11.8 Å². The minimum atomic E-state index is -4.32. The van der Waals surface area contributed by atoms with Gasteiger partial charge in [-0.15, -0.1) is 11.8 Å². The van der Waals surface area contributed by atoms with Crippen LogP contribution in [-0.2, 0) is 10.2 Å². The van der Waals surface area contributed by atoms with Crippen molar-refractivity contribution < 1.29 is 21.6 Å². The smallest absolute Gasteiger partial charge is 0.270 e. The summed E-state index contributed by atoms with van der Waals surface area (Å²) in [6.07, 6.45) is -4.32. The lowest BCUT2D eigenvalue weighted by Gasteiger charge is -2.11. The average molecular weight is 286 g/mol. The summed E-state index contributed by atoms with van der Waals surface area (Å²) in [5.41, 5.74) is 0.0317. The first-order chi connectivity index (χ1) is 7.67. The molecule has 17 heavy (non-hydrogen) atoms. The maximum atomic E-state index is 12.0. The van der Waals surface area contributed by atoms with Crippen LogP contribution in [-0.4, -0.2) is 20.3 Å². The Morgan fingerprint density at radius 1 is 1.29 bits per heavy atom. The molecule has 0 heterocycles. The first-order valence-corrected chi connectivity index (χ1v) is 6.80. The maximum absolute atomic E-state index is 12.0. The van der Waals surface area contributed by atoms with Crippen LogP contribution in [0.1, 0.15) is 0 Å². The lowest BCUT2D eigenvalue weighted by Crippen LogP contribution is -2.22. The molecule has 0 saturated carbocycles. The second kappa shape index (κ2) is 5.15. The van der Waals surface area contributed by atoms with Crippen LogP contribution in [0.15, 0.2) is 29.2 Å². The molecule has 4 nitrogen and oxygen atoms in total. The first-order valence-electron chi connectivity index (χ1n) is 4.26. The van der Waals surface area contributed by atoms with Crippen LogP contribution in [0.4, 0.5) is 18.9 Å². The Morgan fingerprint density at radius 3 is 2.41 bits per heavy atom. The van der Waals surface area contributed by atoms with Crippen molar-refractivity contribution in [3.8, 4) is 0 Å². The molecule has 0 fully saturated rings. The minimum absolute atomic E-state index is 0.0317. The van der Waals surface area contributed by atoms with Gasteiger partial charge in [0, 0.05) is 4.90 Å². The summed E-state index contributed by atoms with van der Waals surface area (Å²) in [6, 6.07) is 5.71. The third kappa shape index (κ3) is 5.80. The van der Waals surface area contributed by atoms with Gasteiger partial charge in [0.15, 0.2) is 0 Å². The number of alkyl halides is 3. The van der Waals surface area contributed by atoms with Gasteiger partial charge >= 0.3 is 6.18 Å². The second-order valence-corrected chi connectivity index (χ2v) is 5.36. The van der Waals surface area contributed by atoms with E-state index in [1.165, 1.54) is 24.3 Å². The highest BCUT2D eigenvalue weighted by molar-refractivity contribution is 7.99. The van der Waals surface area contributed by atoms with E-state index in [0.29, 0.717) is 11.8 Å². The predicted molar refractivity (Wildman–Crippen MR) is 60.0 cm³/mol. The molecule has 1 aromatic rings. The van der Waals surface area contributed by atoms with E-state index in [-0.39, 0.29) is 10.6 Å². The molecule has 0 amide bonds. The normalized spacial score (nSPS) is 12.5. The van der Waals surface area contributed by atoms with Crippen molar-refractivity contribution in [1.82, 2.24) is 0 Å². The number of para-hydroxylation sites is 1.